The first kappa shape index (κ1) is 14.9. The quantitative estimate of drug-likeness (QED) is 0.706. The molecule has 0 heterocycles. The van der Waals surface area contributed by atoms with E-state index in [1.54, 1.807) is 0 Å². The molecule has 102 valence electrons. The molecule has 0 bridgehead atoms. The predicted octanol–water partition coefficient (Wildman–Crippen LogP) is 0.0436. The summed E-state index contributed by atoms with van der Waals surface area (Å²) in [6, 6.07) is 0. The number of sulfone groups is 1. The predicted molar refractivity (Wildman–Crippen MR) is 62.7 cm³/mol. The molecule has 0 amide bonds. The van der Waals surface area contributed by atoms with Crippen molar-refractivity contribution in [1.82, 2.24) is 0 Å². The van der Waals surface area contributed by atoms with Crippen molar-refractivity contribution in [2.24, 2.45) is 11.8 Å². The van der Waals surface area contributed by atoms with Gasteiger partial charge in [0.15, 0.2) is 5.44 Å². The van der Waals surface area contributed by atoms with E-state index < -0.39 is 31.3 Å². The Hall–Kier alpha value is -0.180. The van der Waals surface area contributed by atoms with Gasteiger partial charge in [0.2, 0.25) is 0 Å². The summed E-state index contributed by atoms with van der Waals surface area (Å²) in [5, 5.41) is 9.37. The third-order valence-electron chi connectivity index (χ3n) is 3.14. The van der Waals surface area contributed by atoms with Gasteiger partial charge in [0, 0.05) is 12.2 Å². The summed E-state index contributed by atoms with van der Waals surface area (Å²) in [5.41, 5.74) is -1.75. The molecule has 17 heavy (non-hydrogen) atoms. The normalized spacial score (nSPS) is 28.9. The van der Waals surface area contributed by atoms with E-state index >= 15 is 0 Å². The summed E-state index contributed by atoms with van der Waals surface area (Å²) in [6.07, 6.45) is 3.13. The van der Waals surface area contributed by atoms with Gasteiger partial charge in [0.25, 0.3) is 10.1 Å². The maximum Gasteiger partial charge on any atom is 0.292 e. The zero-order valence-electron chi connectivity index (χ0n) is 9.61. The summed E-state index contributed by atoms with van der Waals surface area (Å²) in [7, 11) is -7.44. The molecule has 2 N–H and O–H groups in total. The smallest absolute Gasteiger partial charge is 0.292 e. The van der Waals surface area contributed by atoms with Crippen LogP contribution in [0.15, 0.2) is 0 Å². The van der Waals surface area contributed by atoms with Gasteiger partial charge in [-0.2, -0.15) is 8.42 Å². The van der Waals surface area contributed by atoms with Gasteiger partial charge in [-0.1, -0.05) is 0 Å². The second kappa shape index (κ2) is 5.21. The molecule has 1 rings (SSSR count). The highest BCUT2D eigenvalue weighted by atomic mass is 32.2. The SMILES string of the molecule is CS(=O)(=O)CC1CCC(C(O)S(=O)(=O)O)CC1. The van der Waals surface area contributed by atoms with Gasteiger partial charge in [0.1, 0.15) is 9.84 Å². The lowest BCUT2D eigenvalue weighted by atomic mass is 9.83. The largest absolute Gasteiger partial charge is 0.375 e. The molecule has 0 spiro atoms. The fourth-order valence-electron chi connectivity index (χ4n) is 2.31. The van der Waals surface area contributed by atoms with Crippen molar-refractivity contribution in [2.75, 3.05) is 12.0 Å². The lowest BCUT2D eigenvalue weighted by molar-refractivity contribution is 0.128. The molecule has 1 unspecified atom stereocenters. The summed E-state index contributed by atoms with van der Waals surface area (Å²) in [6.45, 7) is 0. The first-order chi connectivity index (χ1) is 7.59. The first-order valence-corrected chi connectivity index (χ1v) is 8.98. The van der Waals surface area contributed by atoms with E-state index in [0.717, 1.165) is 0 Å². The number of aliphatic hydroxyl groups is 1. The van der Waals surface area contributed by atoms with Gasteiger partial charge in [-0.25, -0.2) is 8.42 Å². The number of aliphatic hydroxyl groups excluding tert-OH is 1. The molecule has 0 aromatic heterocycles. The van der Waals surface area contributed by atoms with E-state index in [2.05, 4.69) is 0 Å². The van der Waals surface area contributed by atoms with Crippen LogP contribution in [0.2, 0.25) is 0 Å². The fourth-order valence-corrected chi connectivity index (χ4v) is 4.26. The van der Waals surface area contributed by atoms with Gasteiger partial charge >= 0.3 is 0 Å². The van der Waals surface area contributed by atoms with E-state index in [4.69, 9.17) is 4.55 Å². The van der Waals surface area contributed by atoms with Crippen LogP contribution in [0, 0.1) is 11.8 Å². The Balaban J connectivity index is 2.52. The minimum Gasteiger partial charge on any atom is -0.375 e. The molecule has 0 saturated heterocycles. The zero-order valence-corrected chi connectivity index (χ0v) is 11.2. The maximum absolute atomic E-state index is 11.1. The highest BCUT2D eigenvalue weighted by molar-refractivity contribution is 7.90. The van der Waals surface area contributed by atoms with Gasteiger partial charge < -0.3 is 5.11 Å². The second-order valence-corrected chi connectivity index (χ2v) is 8.48. The molecular formula is C9H18O6S2. The van der Waals surface area contributed by atoms with Crippen LogP contribution in [-0.4, -0.2) is 43.9 Å². The number of rotatable bonds is 4. The molecule has 1 saturated carbocycles. The highest BCUT2D eigenvalue weighted by Gasteiger charge is 2.34. The molecule has 0 aromatic carbocycles. The van der Waals surface area contributed by atoms with Crippen LogP contribution in [0.25, 0.3) is 0 Å². The first-order valence-electron chi connectivity index (χ1n) is 5.41. The number of hydrogen-bond donors (Lipinski definition) is 2. The maximum atomic E-state index is 11.1. The monoisotopic (exact) mass is 286 g/mol. The Morgan fingerprint density at radius 3 is 1.94 bits per heavy atom. The minimum absolute atomic E-state index is 0.0230. The Bertz CT molecular complexity index is 444. The van der Waals surface area contributed by atoms with Crippen molar-refractivity contribution in [1.29, 1.82) is 0 Å². The zero-order chi connectivity index (χ0) is 13.3. The topological polar surface area (TPSA) is 109 Å². The Morgan fingerprint density at radius 1 is 1.12 bits per heavy atom. The van der Waals surface area contributed by atoms with Crippen LogP contribution < -0.4 is 0 Å². The highest BCUT2D eigenvalue weighted by Crippen LogP contribution is 2.32. The van der Waals surface area contributed by atoms with E-state index in [1.165, 1.54) is 6.26 Å². The standard InChI is InChI=1S/C9H18O6S2/c1-16(11,12)6-7-2-4-8(5-3-7)9(10)17(13,14)15/h7-10H,2-6H2,1H3,(H,13,14,15). The molecule has 0 radical (unpaired) electrons. The van der Waals surface area contributed by atoms with Crippen molar-refractivity contribution in [2.45, 2.75) is 31.1 Å². The molecule has 0 aliphatic heterocycles. The van der Waals surface area contributed by atoms with Crippen LogP contribution in [0.3, 0.4) is 0 Å². The molecule has 1 aliphatic carbocycles. The van der Waals surface area contributed by atoms with Crippen LogP contribution in [0.1, 0.15) is 25.7 Å². The van der Waals surface area contributed by atoms with Gasteiger partial charge in [-0.15, -0.1) is 0 Å². The van der Waals surface area contributed by atoms with E-state index in [0.29, 0.717) is 25.7 Å². The molecule has 1 fully saturated rings. The summed E-state index contributed by atoms with van der Waals surface area (Å²) in [5.74, 6) is -0.377. The minimum atomic E-state index is -4.42. The van der Waals surface area contributed by atoms with Crippen LogP contribution in [0.4, 0.5) is 0 Å². The van der Waals surface area contributed by atoms with Crippen LogP contribution in [-0.2, 0) is 20.0 Å². The number of hydrogen-bond acceptors (Lipinski definition) is 5. The van der Waals surface area contributed by atoms with Crippen molar-refractivity contribution >= 4 is 20.0 Å². The van der Waals surface area contributed by atoms with E-state index in [1.807, 2.05) is 0 Å². The summed E-state index contributed by atoms with van der Waals surface area (Å²) < 4.78 is 52.4. The Kier molecular flexibility index (Phi) is 4.56. The van der Waals surface area contributed by atoms with E-state index in [9.17, 15) is 21.9 Å². The van der Waals surface area contributed by atoms with E-state index in [-0.39, 0.29) is 11.7 Å². The van der Waals surface area contributed by atoms with Gasteiger partial charge in [-0.3, -0.25) is 4.55 Å². The molecule has 0 aromatic rings. The lowest BCUT2D eigenvalue weighted by Crippen LogP contribution is -2.33. The van der Waals surface area contributed by atoms with Gasteiger partial charge in [-0.05, 0) is 31.6 Å². The lowest BCUT2D eigenvalue weighted by Gasteiger charge is -2.29. The average Bonchev–Trinajstić information content (AvgIpc) is 2.14. The summed E-state index contributed by atoms with van der Waals surface area (Å²) >= 11 is 0. The Labute approximate surface area is 102 Å². The molecule has 1 aliphatic rings. The fraction of sp³-hybridized carbons (Fsp3) is 1.00. The van der Waals surface area contributed by atoms with Crippen molar-refractivity contribution < 1.29 is 26.5 Å². The second-order valence-electron chi connectivity index (χ2n) is 4.78. The van der Waals surface area contributed by atoms with Gasteiger partial charge in [0.05, 0.1) is 5.75 Å². The molecule has 8 heteroatoms. The summed E-state index contributed by atoms with van der Waals surface area (Å²) in [4.78, 5) is 0. The molecule has 6 nitrogen and oxygen atoms in total. The average molecular weight is 286 g/mol. The molecule has 1 atom stereocenters. The Morgan fingerprint density at radius 2 is 1.59 bits per heavy atom. The van der Waals surface area contributed by atoms with Crippen molar-refractivity contribution in [3.8, 4) is 0 Å². The van der Waals surface area contributed by atoms with Crippen molar-refractivity contribution in [3.63, 3.8) is 0 Å². The van der Waals surface area contributed by atoms with Crippen LogP contribution in [0.5, 0.6) is 0 Å². The molecular weight excluding hydrogens is 268 g/mol. The van der Waals surface area contributed by atoms with Crippen LogP contribution >= 0.6 is 0 Å². The third kappa shape index (κ3) is 4.90. The van der Waals surface area contributed by atoms with Crippen molar-refractivity contribution in [3.05, 3.63) is 0 Å². The third-order valence-corrected chi connectivity index (χ3v) is 5.21.